The molecule has 1 fully saturated rings. The number of aliphatic carboxylic acids is 1. The first-order chi connectivity index (χ1) is 9.41. The summed E-state index contributed by atoms with van der Waals surface area (Å²) >= 11 is 0. The van der Waals surface area contributed by atoms with Crippen molar-refractivity contribution in [3.05, 3.63) is 35.4 Å². The molecule has 1 aliphatic rings. The van der Waals surface area contributed by atoms with Gasteiger partial charge in [-0.2, -0.15) is 0 Å². The van der Waals surface area contributed by atoms with Crippen LogP contribution in [0.4, 0.5) is 8.78 Å². The van der Waals surface area contributed by atoms with Crippen molar-refractivity contribution < 1.29 is 23.5 Å². The fraction of sp³-hybridized carbons (Fsp3) is 0.429. The lowest BCUT2D eigenvalue weighted by atomic mass is 9.90. The molecule has 0 radical (unpaired) electrons. The molecule has 4 nitrogen and oxygen atoms in total. The zero-order valence-corrected chi connectivity index (χ0v) is 11.0. The second-order valence-electron chi connectivity index (χ2n) is 4.95. The summed E-state index contributed by atoms with van der Waals surface area (Å²) in [6, 6.07) is 2.47. The van der Waals surface area contributed by atoms with Gasteiger partial charge < -0.3 is 10.0 Å². The molecule has 0 bridgehead atoms. The number of carboxylic acids is 1. The molecular formula is C14H15F2NO3. The standard InChI is InChI=1S/C14H15F2NO3/c1-8-10(14(19)20)3-2-6-17(8)13(18)9-4-5-11(15)12(16)7-9/h4-5,7-8,10H,2-3,6H2,1H3,(H,19,20)/t8-,10-/m1/s1. The molecule has 1 aliphatic heterocycles. The van der Waals surface area contributed by atoms with Crippen LogP contribution in [0.1, 0.15) is 30.1 Å². The number of rotatable bonds is 2. The molecule has 20 heavy (non-hydrogen) atoms. The molecule has 108 valence electrons. The number of hydrogen-bond donors (Lipinski definition) is 1. The molecule has 2 atom stereocenters. The van der Waals surface area contributed by atoms with E-state index >= 15 is 0 Å². The number of nitrogens with zero attached hydrogens (tertiary/aromatic N) is 1. The highest BCUT2D eigenvalue weighted by molar-refractivity contribution is 5.94. The van der Waals surface area contributed by atoms with Crippen LogP contribution in [0.2, 0.25) is 0 Å². The van der Waals surface area contributed by atoms with Gasteiger partial charge in [0.15, 0.2) is 11.6 Å². The van der Waals surface area contributed by atoms with Gasteiger partial charge in [0, 0.05) is 18.2 Å². The highest BCUT2D eigenvalue weighted by atomic mass is 19.2. The van der Waals surface area contributed by atoms with Gasteiger partial charge in [-0.05, 0) is 38.0 Å². The van der Waals surface area contributed by atoms with E-state index in [0.717, 1.165) is 12.1 Å². The highest BCUT2D eigenvalue weighted by Crippen LogP contribution is 2.25. The van der Waals surface area contributed by atoms with Gasteiger partial charge in [0.05, 0.1) is 5.92 Å². The van der Waals surface area contributed by atoms with Crippen LogP contribution < -0.4 is 0 Å². The van der Waals surface area contributed by atoms with Crippen molar-refractivity contribution in [1.82, 2.24) is 4.90 Å². The molecule has 0 aromatic heterocycles. The van der Waals surface area contributed by atoms with Gasteiger partial charge in [-0.3, -0.25) is 9.59 Å². The third kappa shape index (κ3) is 2.64. The quantitative estimate of drug-likeness (QED) is 0.906. The van der Waals surface area contributed by atoms with E-state index in [1.807, 2.05) is 0 Å². The zero-order valence-electron chi connectivity index (χ0n) is 11.0. The average Bonchev–Trinajstić information content (AvgIpc) is 2.41. The minimum atomic E-state index is -1.09. The van der Waals surface area contributed by atoms with E-state index in [1.54, 1.807) is 6.92 Å². The monoisotopic (exact) mass is 283 g/mol. The molecule has 1 aromatic rings. The minimum Gasteiger partial charge on any atom is -0.481 e. The Bertz CT molecular complexity index is 547. The summed E-state index contributed by atoms with van der Waals surface area (Å²) in [5.74, 6) is -4.15. The number of hydrogen-bond acceptors (Lipinski definition) is 2. The Morgan fingerprint density at radius 1 is 1.30 bits per heavy atom. The van der Waals surface area contributed by atoms with E-state index in [-0.39, 0.29) is 5.56 Å². The summed E-state index contributed by atoms with van der Waals surface area (Å²) in [6.07, 6.45) is 1.09. The van der Waals surface area contributed by atoms with Crippen LogP contribution in [-0.2, 0) is 4.79 Å². The maximum Gasteiger partial charge on any atom is 0.308 e. The topological polar surface area (TPSA) is 57.6 Å². The molecule has 0 spiro atoms. The van der Waals surface area contributed by atoms with E-state index < -0.39 is 35.5 Å². The lowest BCUT2D eigenvalue weighted by Gasteiger charge is -2.37. The Morgan fingerprint density at radius 3 is 2.60 bits per heavy atom. The number of carbonyl (C=O) groups is 2. The van der Waals surface area contributed by atoms with Gasteiger partial charge >= 0.3 is 5.97 Å². The van der Waals surface area contributed by atoms with Crippen LogP contribution in [0.3, 0.4) is 0 Å². The van der Waals surface area contributed by atoms with Gasteiger partial charge in [-0.1, -0.05) is 0 Å². The van der Waals surface area contributed by atoms with E-state index in [4.69, 9.17) is 5.11 Å². The molecule has 1 saturated heterocycles. The minimum absolute atomic E-state index is 0.0294. The summed E-state index contributed by atoms with van der Waals surface area (Å²) in [6.45, 7) is 2.08. The summed E-state index contributed by atoms with van der Waals surface area (Å²) in [5.41, 5.74) is 0.0294. The smallest absolute Gasteiger partial charge is 0.308 e. The number of benzene rings is 1. The predicted molar refractivity (Wildman–Crippen MR) is 67.2 cm³/mol. The first kappa shape index (κ1) is 14.4. The molecule has 1 N–H and O–H groups in total. The van der Waals surface area contributed by atoms with Crippen molar-refractivity contribution in [1.29, 1.82) is 0 Å². The molecule has 1 heterocycles. The number of carboxylic acid groups (broad SMARTS) is 1. The Balaban J connectivity index is 2.23. The third-order valence-electron chi connectivity index (χ3n) is 3.73. The van der Waals surface area contributed by atoms with Crippen molar-refractivity contribution >= 4 is 11.9 Å². The first-order valence-electron chi connectivity index (χ1n) is 6.40. The molecular weight excluding hydrogens is 268 g/mol. The first-order valence-corrected chi connectivity index (χ1v) is 6.40. The van der Waals surface area contributed by atoms with E-state index in [0.29, 0.717) is 19.4 Å². The molecule has 0 saturated carbocycles. The number of piperidine rings is 1. The Kier molecular flexibility index (Phi) is 4.01. The van der Waals surface area contributed by atoms with Crippen LogP contribution in [0.25, 0.3) is 0 Å². The summed E-state index contributed by atoms with van der Waals surface area (Å²) in [5, 5.41) is 9.11. The molecule has 1 amide bonds. The zero-order chi connectivity index (χ0) is 14.9. The van der Waals surface area contributed by atoms with Crippen molar-refractivity contribution in [3.63, 3.8) is 0 Å². The van der Waals surface area contributed by atoms with E-state index in [1.165, 1.54) is 11.0 Å². The van der Waals surface area contributed by atoms with Crippen LogP contribution in [0.15, 0.2) is 18.2 Å². The van der Waals surface area contributed by atoms with Crippen molar-refractivity contribution in [2.24, 2.45) is 5.92 Å². The number of carbonyl (C=O) groups excluding carboxylic acids is 1. The fourth-order valence-corrected chi connectivity index (χ4v) is 2.55. The van der Waals surface area contributed by atoms with Gasteiger partial charge in [-0.15, -0.1) is 0 Å². The lowest BCUT2D eigenvalue weighted by molar-refractivity contribution is -0.144. The predicted octanol–water partition coefficient (Wildman–Crippen LogP) is 2.29. The Morgan fingerprint density at radius 2 is 2.00 bits per heavy atom. The van der Waals surface area contributed by atoms with Crippen LogP contribution >= 0.6 is 0 Å². The number of halogens is 2. The maximum atomic E-state index is 13.2. The van der Waals surface area contributed by atoms with Crippen molar-refractivity contribution in [3.8, 4) is 0 Å². The molecule has 6 heteroatoms. The second kappa shape index (κ2) is 5.56. The summed E-state index contributed by atoms with van der Waals surface area (Å²) < 4.78 is 26.0. The van der Waals surface area contributed by atoms with Crippen molar-refractivity contribution in [2.75, 3.05) is 6.54 Å². The molecule has 1 aromatic carbocycles. The van der Waals surface area contributed by atoms with Gasteiger partial charge in [-0.25, -0.2) is 8.78 Å². The van der Waals surface area contributed by atoms with Crippen LogP contribution in [0, 0.1) is 17.6 Å². The van der Waals surface area contributed by atoms with Crippen LogP contribution in [0.5, 0.6) is 0 Å². The summed E-state index contributed by atoms with van der Waals surface area (Å²) in [4.78, 5) is 24.8. The number of likely N-dealkylation sites (tertiary alicyclic amines) is 1. The van der Waals surface area contributed by atoms with Gasteiger partial charge in [0.1, 0.15) is 0 Å². The van der Waals surface area contributed by atoms with Gasteiger partial charge in [0.25, 0.3) is 5.91 Å². The Hall–Kier alpha value is -1.98. The molecule has 0 aliphatic carbocycles. The van der Waals surface area contributed by atoms with Gasteiger partial charge in [0.2, 0.25) is 0 Å². The third-order valence-corrected chi connectivity index (χ3v) is 3.73. The molecule has 0 unspecified atom stereocenters. The lowest BCUT2D eigenvalue weighted by Crippen LogP contribution is -2.49. The average molecular weight is 283 g/mol. The van der Waals surface area contributed by atoms with Crippen LogP contribution in [-0.4, -0.2) is 34.5 Å². The van der Waals surface area contributed by atoms with E-state index in [9.17, 15) is 18.4 Å². The maximum absolute atomic E-state index is 13.2. The Labute approximate surface area is 115 Å². The highest BCUT2D eigenvalue weighted by Gasteiger charge is 2.35. The largest absolute Gasteiger partial charge is 0.481 e. The normalized spacial score (nSPS) is 22.6. The second-order valence-corrected chi connectivity index (χ2v) is 4.95. The number of amides is 1. The van der Waals surface area contributed by atoms with Crippen molar-refractivity contribution in [2.45, 2.75) is 25.8 Å². The SMILES string of the molecule is C[C@@H]1[C@H](C(=O)O)CCCN1C(=O)c1ccc(F)c(F)c1. The van der Waals surface area contributed by atoms with E-state index in [2.05, 4.69) is 0 Å². The fourth-order valence-electron chi connectivity index (χ4n) is 2.55. The summed E-state index contributed by atoms with van der Waals surface area (Å²) in [7, 11) is 0. The molecule has 2 rings (SSSR count).